The lowest BCUT2D eigenvalue weighted by Gasteiger charge is -2.19. The number of rotatable bonds is 6. The molecule has 0 radical (unpaired) electrons. The molecule has 5 heteroatoms. The second-order valence-corrected chi connectivity index (χ2v) is 7.80. The third-order valence-electron chi connectivity index (χ3n) is 5.75. The Labute approximate surface area is 166 Å². The molecular weight excluding hydrogens is 350 g/mol. The normalized spacial score (nSPS) is 17.3. The minimum Gasteiger partial charge on any atom is -0.348 e. The molecule has 2 saturated heterocycles. The zero-order valence-electron chi connectivity index (χ0n) is 16.2. The van der Waals surface area contributed by atoms with Crippen LogP contribution in [-0.4, -0.2) is 31.4 Å². The van der Waals surface area contributed by atoms with Gasteiger partial charge in [0.15, 0.2) is 0 Å². The van der Waals surface area contributed by atoms with Crippen molar-refractivity contribution in [2.24, 2.45) is 0 Å². The van der Waals surface area contributed by atoms with Crippen LogP contribution in [0.25, 0.3) is 0 Å². The first-order valence-electron chi connectivity index (χ1n) is 10.3. The molecule has 2 aliphatic rings. The van der Waals surface area contributed by atoms with E-state index in [2.05, 4.69) is 29.6 Å². The van der Waals surface area contributed by atoms with Crippen LogP contribution in [-0.2, 0) is 17.9 Å². The Kier molecular flexibility index (Phi) is 5.72. The van der Waals surface area contributed by atoms with Crippen LogP contribution in [0, 0.1) is 0 Å². The van der Waals surface area contributed by atoms with Gasteiger partial charge in [-0.3, -0.25) is 9.59 Å². The van der Waals surface area contributed by atoms with Crippen molar-refractivity contribution in [2.45, 2.75) is 38.8 Å². The molecule has 2 heterocycles. The van der Waals surface area contributed by atoms with Crippen LogP contribution in [0.2, 0.25) is 0 Å². The first-order valence-corrected chi connectivity index (χ1v) is 10.3. The summed E-state index contributed by atoms with van der Waals surface area (Å²) in [7, 11) is 0. The molecule has 0 unspecified atom stereocenters. The number of benzene rings is 2. The molecule has 4 rings (SSSR count). The van der Waals surface area contributed by atoms with E-state index in [1.807, 2.05) is 18.2 Å². The van der Waals surface area contributed by atoms with Crippen LogP contribution in [0.15, 0.2) is 48.5 Å². The molecule has 2 N–H and O–H groups in total. The van der Waals surface area contributed by atoms with Gasteiger partial charge < -0.3 is 15.1 Å². The number of carbonyl (C=O) groups excluding carboxylic acids is 2. The van der Waals surface area contributed by atoms with E-state index in [4.69, 9.17) is 0 Å². The summed E-state index contributed by atoms with van der Waals surface area (Å²) in [5, 5.41) is 3.00. The summed E-state index contributed by atoms with van der Waals surface area (Å²) in [5.74, 6) is -0.0446. The molecular formula is C23H28N3O2+. The molecule has 28 heavy (non-hydrogen) atoms. The zero-order chi connectivity index (χ0) is 19.3. The summed E-state index contributed by atoms with van der Waals surface area (Å²) in [6.45, 7) is 4.80. The van der Waals surface area contributed by atoms with Crippen LogP contribution in [0.3, 0.4) is 0 Å². The van der Waals surface area contributed by atoms with E-state index in [9.17, 15) is 9.59 Å². The number of likely N-dealkylation sites (tertiary alicyclic amines) is 1. The van der Waals surface area contributed by atoms with Crippen molar-refractivity contribution < 1.29 is 14.5 Å². The van der Waals surface area contributed by atoms with E-state index in [0.29, 0.717) is 30.8 Å². The number of para-hydroxylation sites is 1. The highest BCUT2D eigenvalue weighted by atomic mass is 16.2. The lowest BCUT2D eigenvalue weighted by Crippen LogP contribution is -3.08. The van der Waals surface area contributed by atoms with Gasteiger partial charge in [0.2, 0.25) is 5.91 Å². The van der Waals surface area contributed by atoms with Gasteiger partial charge in [0.05, 0.1) is 24.3 Å². The Bertz CT molecular complexity index is 841. The monoisotopic (exact) mass is 378 g/mol. The van der Waals surface area contributed by atoms with Crippen molar-refractivity contribution in [3.05, 3.63) is 65.2 Å². The van der Waals surface area contributed by atoms with E-state index in [1.165, 1.54) is 31.5 Å². The number of nitrogens with zero attached hydrogens (tertiary/aromatic N) is 1. The fourth-order valence-corrected chi connectivity index (χ4v) is 4.20. The van der Waals surface area contributed by atoms with Gasteiger partial charge in [0, 0.05) is 37.9 Å². The number of anilines is 1. The van der Waals surface area contributed by atoms with Crippen LogP contribution >= 0.6 is 0 Å². The summed E-state index contributed by atoms with van der Waals surface area (Å²) < 4.78 is 0. The first kappa shape index (κ1) is 18.7. The molecule has 0 atom stereocenters. The number of nitrogens with one attached hydrogen (secondary N) is 2. The van der Waals surface area contributed by atoms with Gasteiger partial charge in [-0.2, -0.15) is 0 Å². The number of amides is 2. The Hall–Kier alpha value is -2.66. The molecule has 0 aromatic heterocycles. The molecule has 2 fully saturated rings. The summed E-state index contributed by atoms with van der Waals surface area (Å²) >= 11 is 0. The molecule has 0 bridgehead atoms. The second kappa shape index (κ2) is 8.57. The third kappa shape index (κ3) is 4.25. The molecule has 0 aliphatic carbocycles. The first-order chi connectivity index (χ1) is 13.7. The molecule has 2 aliphatic heterocycles. The van der Waals surface area contributed by atoms with Gasteiger partial charge in [-0.1, -0.05) is 36.4 Å². The van der Waals surface area contributed by atoms with Crippen LogP contribution in [0.4, 0.5) is 5.69 Å². The fraction of sp³-hybridized carbons (Fsp3) is 0.391. The number of quaternary nitrogens is 1. The van der Waals surface area contributed by atoms with Crippen molar-refractivity contribution in [2.75, 3.05) is 24.5 Å². The SMILES string of the molecule is O=C(NCc1ccc(C[NH+]2CCCC2)cc1)c1ccccc1N1CCCC1=O. The highest BCUT2D eigenvalue weighted by Gasteiger charge is 2.25. The van der Waals surface area contributed by atoms with E-state index in [0.717, 1.165) is 18.5 Å². The number of hydrogen-bond acceptors (Lipinski definition) is 2. The minimum absolute atomic E-state index is 0.0935. The molecule has 2 aromatic carbocycles. The van der Waals surface area contributed by atoms with Crippen molar-refractivity contribution >= 4 is 17.5 Å². The quantitative estimate of drug-likeness (QED) is 0.807. The largest absolute Gasteiger partial charge is 0.348 e. The van der Waals surface area contributed by atoms with Gasteiger partial charge in [-0.25, -0.2) is 0 Å². The summed E-state index contributed by atoms with van der Waals surface area (Å²) in [6.07, 6.45) is 4.08. The van der Waals surface area contributed by atoms with Crippen LogP contribution in [0.5, 0.6) is 0 Å². The number of hydrogen-bond donors (Lipinski definition) is 2. The Morgan fingerprint density at radius 3 is 2.39 bits per heavy atom. The predicted octanol–water partition coefficient (Wildman–Crippen LogP) is 1.92. The van der Waals surface area contributed by atoms with E-state index < -0.39 is 0 Å². The molecule has 2 aromatic rings. The average molecular weight is 378 g/mol. The standard InChI is InChI=1S/C23H27N3O2/c27-22-8-5-15-26(22)21-7-2-1-6-20(21)23(28)24-16-18-9-11-19(12-10-18)17-25-13-3-4-14-25/h1-2,6-7,9-12H,3-5,8,13-17H2,(H,24,28)/p+1. The van der Waals surface area contributed by atoms with Gasteiger partial charge in [0.1, 0.15) is 6.54 Å². The maximum Gasteiger partial charge on any atom is 0.253 e. The smallest absolute Gasteiger partial charge is 0.253 e. The maximum absolute atomic E-state index is 12.7. The van der Waals surface area contributed by atoms with Crippen molar-refractivity contribution in [3.8, 4) is 0 Å². The molecule has 0 saturated carbocycles. The second-order valence-electron chi connectivity index (χ2n) is 7.80. The fourth-order valence-electron chi connectivity index (χ4n) is 4.20. The summed E-state index contributed by atoms with van der Waals surface area (Å²) in [6, 6.07) is 15.9. The van der Waals surface area contributed by atoms with Crippen LogP contribution in [0.1, 0.15) is 47.2 Å². The Balaban J connectivity index is 1.37. The Morgan fingerprint density at radius 2 is 1.68 bits per heavy atom. The molecule has 146 valence electrons. The maximum atomic E-state index is 12.7. The molecule has 0 spiro atoms. The predicted molar refractivity (Wildman–Crippen MR) is 109 cm³/mol. The summed E-state index contributed by atoms with van der Waals surface area (Å²) in [5.41, 5.74) is 3.71. The lowest BCUT2D eigenvalue weighted by molar-refractivity contribution is -0.901. The average Bonchev–Trinajstić information content (AvgIpc) is 3.39. The van der Waals surface area contributed by atoms with Crippen molar-refractivity contribution in [3.63, 3.8) is 0 Å². The highest BCUT2D eigenvalue weighted by molar-refractivity contribution is 6.05. The van der Waals surface area contributed by atoms with Gasteiger partial charge >= 0.3 is 0 Å². The van der Waals surface area contributed by atoms with Crippen molar-refractivity contribution in [1.82, 2.24) is 5.32 Å². The van der Waals surface area contributed by atoms with Crippen LogP contribution < -0.4 is 15.1 Å². The molecule has 2 amide bonds. The minimum atomic E-state index is -0.138. The summed E-state index contributed by atoms with van der Waals surface area (Å²) in [4.78, 5) is 28.2. The molecule has 5 nitrogen and oxygen atoms in total. The van der Waals surface area contributed by atoms with E-state index in [-0.39, 0.29) is 11.8 Å². The highest BCUT2D eigenvalue weighted by Crippen LogP contribution is 2.25. The van der Waals surface area contributed by atoms with Crippen molar-refractivity contribution in [1.29, 1.82) is 0 Å². The van der Waals surface area contributed by atoms with E-state index in [1.54, 1.807) is 15.9 Å². The zero-order valence-corrected chi connectivity index (χ0v) is 16.2. The van der Waals surface area contributed by atoms with E-state index >= 15 is 0 Å². The van der Waals surface area contributed by atoms with Gasteiger partial charge in [-0.05, 0) is 24.1 Å². The van der Waals surface area contributed by atoms with Gasteiger partial charge in [-0.15, -0.1) is 0 Å². The third-order valence-corrected chi connectivity index (χ3v) is 5.75. The Morgan fingerprint density at radius 1 is 0.964 bits per heavy atom. The lowest BCUT2D eigenvalue weighted by atomic mass is 10.1. The van der Waals surface area contributed by atoms with Gasteiger partial charge in [0.25, 0.3) is 5.91 Å². The number of carbonyl (C=O) groups is 2. The topological polar surface area (TPSA) is 53.9 Å².